The number of hydrogen-bond acceptors (Lipinski definition) is 14. The van der Waals surface area contributed by atoms with Crippen molar-refractivity contribution < 1.29 is 64.3 Å². The summed E-state index contributed by atoms with van der Waals surface area (Å²) in [6, 6.07) is 17.0. The third-order valence-electron chi connectivity index (χ3n) is 13.3. The van der Waals surface area contributed by atoms with E-state index >= 15 is 0 Å². The van der Waals surface area contributed by atoms with Gasteiger partial charge >= 0.3 is 0 Å². The molecular formula is C60H84N2O14S2. The third-order valence-corrected chi connectivity index (χ3v) is 14.5. The van der Waals surface area contributed by atoms with Crippen LogP contribution in [0.25, 0.3) is 0 Å². The summed E-state index contributed by atoms with van der Waals surface area (Å²) in [6.45, 7) is 27.4. The van der Waals surface area contributed by atoms with Crippen LogP contribution in [-0.2, 0) is 95.9 Å². The molecule has 1 aliphatic heterocycles. The largest absolute Gasteiger partial charge is 0.491 e. The molecule has 0 spiro atoms. The van der Waals surface area contributed by atoms with Crippen molar-refractivity contribution in [2.45, 2.75) is 130 Å². The molecule has 0 unspecified atom stereocenters. The maximum absolute atomic E-state index is 13.4. The molecule has 0 saturated carbocycles. The van der Waals surface area contributed by atoms with Crippen LogP contribution in [0.3, 0.4) is 0 Å². The molecule has 78 heavy (non-hydrogen) atoms. The van der Waals surface area contributed by atoms with Crippen molar-refractivity contribution >= 4 is 31.9 Å². The van der Waals surface area contributed by atoms with Gasteiger partial charge in [0.1, 0.15) is 36.2 Å². The first-order chi connectivity index (χ1) is 36.2. The van der Waals surface area contributed by atoms with E-state index in [9.17, 15) is 26.4 Å². The van der Waals surface area contributed by atoms with Crippen LogP contribution in [0.4, 0.5) is 0 Å². The zero-order valence-corrected chi connectivity index (χ0v) is 50.1. The Bertz CT molecular complexity index is 2710. The highest BCUT2D eigenvalue weighted by Crippen LogP contribution is 2.44. The predicted molar refractivity (Wildman–Crippen MR) is 303 cm³/mol. The van der Waals surface area contributed by atoms with Gasteiger partial charge in [0.25, 0.3) is 11.8 Å². The summed E-state index contributed by atoms with van der Waals surface area (Å²) in [5, 5.41) is 0. The number of rotatable bonds is 8. The SMILES string of the molecule is CC(C)(C)c1cc2c3c(c1)Cc1cc(C(C)(C)C)cc(c1OCC(=O)NS(C)(=O)=O)Cc1cc(C(C)(C)C)cc(c1OCCOCCOCCOCCOCCO3)Cc1cc(C(C)(C)C)cc(c1OCC(=O)NS(C)(=O)=O)C2. The van der Waals surface area contributed by atoms with Crippen molar-refractivity contribution in [2.24, 2.45) is 0 Å². The molecule has 0 saturated heterocycles. The van der Waals surface area contributed by atoms with Crippen LogP contribution in [0.5, 0.6) is 23.0 Å². The van der Waals surface area contributed by atoms with Crippen LogP contribution in [-0.4, -0.2) is 120 Å². The minimum atomic E-state index is -3.91. The molecule has 4 aromatic rings. The number of sulfonamides is 2. The Morgan fingerprint density at radius 1 is 0.397 bits per heavy atom. The molecule has 18 heteroatoms. The summed E-state index contributed by atoms with van der Waals surface area (Å²) >= 11 is 0. The van der Waals surface area contributed by atoms with Gasteiger partial charge in [-0.2, -0.15) is 0 Å². The first-order valence-corrected chi connectivity index (χ1v) is 30.5. The van der Waals surface area contributed by atoms with Crippen molar-refractivity contribution in [2.75, 3.05) is 91.8 Å². The summed E-state index contributed by atoms with van der Waals surface area (Å²) < 4.78 is 105. The van der Waals surface area contributed by atoms with Crippen molar-refractivity contribution in [3.8, 4) is 23.0 Å². The van der Waals surface area contributed by atoms with Gasteiger partial charge in [-0.15, -0.1) is 0 Å². The fraction of sp³-hybridized carbons (Fsp3) is 0.567. The van der Waals surface area contributed by atoms with E-state index in [0.29, 0.717) is 62.6 Å². The van der Waals surface area contributed by atoms with Gasteiger partial charge in [0.2, 0.25) is 20.0 Å². The van der Waals surface area contributed by atoms with Crippen LogP contribution in [0.2, 0.25) is 0 Å². The molecule has 2 aliphatic rings. The lowest BCUT2D eigenvalue weighted by Crippen LogP contribution is -2.33. The number of amides is 2. The van der Waals surface area contributed by atoms with Crippen LogP contribution in [0.1, 0.15) is 150 Å². The van der Waals surface area contributed by atoms with Gasteiger partial charge in [0.05, 0.1) is 65.4 Å². The first-order valence-electron chi connectivity index (χ1n) is 26.7. The van der Waals surface area contributed by atoms with Crippen molar-refractivity contribution in [3.63, 3.8) is 0 Å². The molecule has 0 atom stereocenters. The number of nitrogens with one attached hydrogen (secondary N) is 2. The van der Waals surface area contributed by atoms with E-state index in [1.807, 2.05) is 0 Å². The Labute approximate surface area is 464 Å². The van der Waals surface area contributed by atoms with E-state index in [1.54, 1.807) is 0 Å². The van der Waals surface area contributed by atoms with Gasteiger partial charge in [-0.25, -0.2) is 16.8 Å². The van der Waals surface area contributed by atoms with Crippen molar-refractivity contribution in [1.82, 2.24) is 9.44 Å². The normalized spacial score (nSPS) is 16.0. The third kappa shape index (κ3) is 18.1. The zero-order valence-electron chi connectivity index (χ0n) is 48.5. The molecule has 1 aliphatic carbocycles. The first kappa shape index (κ1) is 62.0. The van der Waals surface area contributed by atoms with E-state index in [1.165, 1.54) is 0 Å². The fourth-order valence-electron chi connectivity index (χ4n) is 9.28. The Balaban J connectivity index is 1.78. The highest BCUT2D eigenvalue weighted by Gasteiger charge is 2.30. The predicted octanol–water partition coefficient (Wildman–Crippen LogP) is 8.30. The van der Waals surface area contributed by atoms with Crippen LogP contribution >= 0.6 is 0 Å². The topological polar surface area (TPSA) is 200 Å². The maximum atomic E-state index is 13.4. The van der Waals surface area contributed by atoms with Crippen molar-refractivity contribution in [1.29, 1.82) is 0 Å². The van der Waals surface area contributed by atoms with Gasteiger partial charge in [0.15, 0.2) is 13.2 Å². The lowest BCUT2D eigenvalue weighted by molar-refractivity contribution is -0.122. The summed E-state index contributed by atoms with van der Waals surface area (Å²) in [5.74, 6) is 0.354. The molecule has 430 valence electrons. The Hall–Kier alpha value is -5.24. The minimum absolute atomic E-state index is 0.163. The average molecular weight is 1120 g/mol. The van der Waals surface area contributed by atoms with E-state index in [-0.39, 0.29) is 73.8 Å². The average Bonchev–Trinajstić information content (AvgIpc) is 3.36. The molecule has 2 N–H and O–H groups in total. The van der Waals surface area contributed by atoms with E-state index in [2.05, 4.69) is 141 Å². The van der Waals surface area contributed by atoms with Gasteiger partial charge in [-0.1, -0.05) is 132 Å². The lowest BCUT2D eigenvalue weighted by atomic mass is 9.79. The van der Waals surface area contributed by atoms with Gasteiger partial charge in [-0.3, -0.25) is 19.0 Å². The molecule has 10 bridgehead atoms. The Morgan fingerprint density at radius 2 is 0.615 bits per heavy atom. The smallest absolute Gasteiger partial charge is 0.271 e. The Kier molecular flexibility index (Phi) is 20.2. The quantitative estimate of drug-likeness (QED) is 0.150. The van der Waals surface area contributed by atoms with Crippen LogP contribution < -0.4 is 28.4 Å². The second kappa shape index (κ2) is 25.5. The van der Waals surface area contributed by atoms with Crippen molar-refractivity contribution in [3.05, 3.63) is 115 Å². The molecule has 1 heterocycles. The fourth-order valence-corrected chi connectivity index (χ4v) is 10.2. The van der Waals surface area contributed by atoms with Gasteiger partial charge in [-0.05, 0) is 88.4 Å². The standard InChI is InChI=1S/C60H84N2O14S2/c1-57(2,3)47-29-39-25-43-33-49(59(7,8)9)35-45(55(43)75-37-51(63)61-77(13,65)66)27-41-31-48(58(4,5)6)32-42-28-46-36-50(60(10,11)12)34-44(56(46)76-38-52(64)62-78(14,67)68)26-40(30-47)53(39)73-23-21-71-19-17-69-15-16-70-18-20-72-22-24-74-54(41)42/h29-36H,15-28,37-38H2,1-14H3,(H,61,63)(H,62,64). The van der Waals surface area contributed by atoms with Crippen LogP contribution in [0.15, 0.2) is 48.5 Å². The number of fused-ring (bicyclic) bond motifs is 2. The molecule has 16 nitrogen and oxygen atoms in total. The number of benzene rings is 4. The van der Waals surface area contributed by atoms with Crippen LogP contribution in [0, 0.1) is 0 Å². The lowest BCUT2D eigenvalue weighted by Gasteiger charge is -2.29. The summed E-state index contributed by atoms with van der Waals surface area (Å²) in [7, 11) is -7.82. The highest BCUT2D eigenvalue weighted by atomic mass is 32.2. The second-order valence-electron chi connectivity index (χ2n) is 24.5. The molecule has 4 aromatic carbocycles. The number of ether oxygens (including phenoxy) is 8. The minimum Gasteiger partial charge on any atom is -0.491 e. The summed E-state index contributed by atoms with van der Waals surface area (Å²) in [4.78, 5) is 26.9. The molecule has 2 amide bonds. The molecule has 0 radical (unpaired) electrons. The molecule has 0 aromatic heterocycles. The number of carbonyl (C=O) groups excluding carboxylic acids is 2. The van der Waals surface area contributed by atoms with E-state index < -0.39 is 45.1 Å². The second-order valence-corrected chi connectivity index (χ2v) is 28.0. The molecular weight excluding hydrogens is 1040 g/mol. The van der Waals surface area contributed by atoms with E-state index in [0.717, 1.165) is 79.3 Å². The monoisotopic (exact) mass is 1120 g/mol. The van der Waals surface area contributed by atoms with E-state index in [4.69, 9.17) is 37.9 Å². The van der Waals surface area contributed by atoms with Gasteiger partial charge < -0.3 is 37.9 Å². The molecule has 0 fully saturated rings. The maximum Gasteiger partial charge on any atom is 0.271 e. The number of carbonyl (C=O) groups is 2. The number of hydrogen-bond donors (Lipinski definition) is 2. The summed E-state index contributed by atoms with van der Waals surface area (Å²) in [5.41, 5.74) is 8.67. The Morgan fingerprint density at radius 3 is 0.833 bits per heavy atom. The van der Waals surface area contributed by atoms with Gasteiger partial charge in [0, 0.05) is 25.7 Å². The molecule has 6 rings (SSSR count). The zero-order chi connectivity index (χ0) is 57.4. The summed E-state index contributed by atoms with van der Waals surface area (Å²) in [6.07, 6.45) is 2.85. The highest BCUT2D eigenvalue weighted by molar-refractivity contribution is 7.89.